The quantitative estimate of drug-likeness (QED) is 0.516. The summed E-state index contributed by atoms with van der Waals surface area (Å²) < 4.78 is 0. The van der Waals surface area contributed by atoms with Crippen LogP contribution in [0.5, 0.6) is 0 Å². The zero-order valence-electron chi connectivity index (χ0n) is 5.50. The van der Waals surface area contributed by atoms with Gasteiger partial charge in [-0.05, 0) is 0 Å². The SMILES string of the molecule is Cc1ccc2c(c1)[S+]=[Sb][S]2. The summed E-state index contributed by atoms with van der Waals surface area (Å²) >= 11 is 0.0202. The van der Waals surface area contributed by atoms with Crippen molar-refractivity contribution >= 4 is 35.4 Å². The van der Waals surface area contributed by atoms with E-state index in [0.29, 0.717) is 0 Å². The Morgan fingerprint density at radius 3 is 3.30 bits per heavy atom. The molecule has 10 heavy (non-hydrogen) atoms. The molecule has 50 valence electrons. The first-order valence-corrected chi connectivity index (χ1v) is 10.8. The van der Waals surface area contributed by atoms with Crippen LogP contribution in [0.1, 0.15) is 5.56 Å². The molecule has 0 aromatic heterocycles. The molecule has 1 aromatic rings. The van der Waals surface area contributed by atoms with E-state index in [1.54, 1.807) is 0 Å². The van der Waals surface area contributed by atoms with Gasteiger partial charge in [0.25, 0.3) is 0 Å². The molecule has 0 atom stereocenters. The maximum absolute atomic E-state index is 2.30. The molecule has 3 heteroatoms. The fraction of sp³-hybridized carbons (Fsp3) is 0.143. The van der Waals surface area contributed by atoms with Crippen LogP contribution in [-0.2, 0) is 8.33 Å². The topological polar surface area (TPSA) is 0 Å². The van der Waals surface area contributed by atoms with Crippen LogP contribution < -0.4 is 0 Å². The van der Waals surface area contributed by atoms with Gasteiger partial charge < -0.3 is 0 Å². The molecule has 1 heterocycles. The van der Waals surface area contributed by atoms with Crippen LogP contribution in [0.2, 0.25) is 0 Å². The van der Waals surface area contributed by atoms with E-state index < -0.39 is 0 Å². The average molecular weight is 276 g/mol. The van der Waals surface area contributed by atoms with E-state index in [4.69, 9.17) is 0 Å². The molecule has 0 saturated heterocycles. The summed E-state index contributed by atoms with van der Waals surface area (Å²) in [7, 11) is 4.18. The number of hydrogen-bond acceptors (Lipinski definition) is 1. The van der Waals surface area contributed by atoms with Crippen molar-refractivity contribution < 1.29 is 0 Å². The van der Waals surface area contributed by atoms with Crippen molar-refractivity contribution in [1.82, 2.24) is 0 Å². The second kappa shape index (κ2) is 2.92. The van der Waals surface area contributed by atoms with E-state index in [0.717, 1.165) is 0 Å². The number of aryl methyl sites for hydroxylation is 1. The Labute approximate surface area is 75.4 Å². The molecule has 1 aliphatic rings. The van der Waals surface area contributed by atoms with Crippen molar-refractivity contribution in [2.24, 2.45) is 0 Å². The Balaban J connectivity index is 2.60. The van der Waals surface area contributed by atoms with Crippen LogP contribution in [-0.4, -0.2) is 18.2 Å². The van der Waals surface area contributed by atoms with Crippen LogP contribution in [0, 0.1) is 6.92 Å². The molecule has 0 bridgehead atoms. The molecule has 0 spiro atoms. The van der Waals surface area contributed by atoms with Crippen LogP contribution >= 0.6 is 8.85 Å². The number of rotatable bonds is 0. The average Bonchev–Trinajstić information content (AvgIpc) is 2.33. The van der Waals surface area contributed by atoms with Crippen molar-refractivity contribution in [2.75, 3.05) is 0 Å². The third kappa shape index (κ3) is 1.30. The fourth-order valence-corrected chi connectivity index (χ4v) is 11.4. The van der Waals surface area contributed by atoms with Gasteiger partial charge in [0.05, 0.1) is 0 Å². The van der Waals surface area contributed by atoms with Crippen LogP contribution in [0.4, 0.5) is 0 Å². The van der Waals surface area contributed by atoms with Gasteiger partial charge in [0.15, 0.2) is 0 Å². The van der Waals surface area contributed by atoms with Gasteiger partial charge in [-0.25, -0.2) is 0 Å². The van der Waals surface area contributed by atoms with Crippen LogP contribution in [0.3, 0.4) is 0 Å². The van der Waals surface area contributed by atoms with E-state index in [1.165, 1.54) is 15.4 Å². The summed E-state index contributed by atoms with van der Waals surface area (Å²) in [6, 6.07) is 6.76. The third-order valence-electron chi connectivity index (χ3n) is 1.37. The van der Waals surface area contributed by atoms with Gasteiger partial charge in [-0.3, -0.25) is 0 Å². The minimum atomic E-state index is 0.0202. The summed E-state index contributed by atoms with van der Waals surface area (Å²) in [4.78, 5) is 3.05. The summed E-state index contributed by atoms with van der Waals surface area (Å²) in [5, 5.41) is 0. The first-order valence-electron chi connectivity index (χ1n) is 3.01. The summed E-state index contributed by atoms with van der Waals surface area (Å²) in [5.74, 6) is 0. The van der Waals surface area contributed by atoms with Gasteiger partial charge in [-0.1, -0.05) is 0 Å². The number of benzene rings is 1. The van der Waals surface area contributed by atoms with Gasteiger partial charge >= 0.3 is 75.9 Å². The normalized spacial score (nSPS) is 13.7. The van der Waals surface area contributed by atoms with Gasteiger partial charge in [-0.2, -0.15) is 0 Å². The Hall–Kier alpha value is 0.608. The molecule has 0 saturated carbocycles. The molecule has 0 nitrogen and oxygen atoms in total. The third-order valence-corrected chi connectivity index (χ3v) is 10.4. The first-order chi connectivity index (χ1) is 4.86. The Bertz CT molecular complexity index is 294. The van der Waals surface area contributed by atoms with Crippen LogP contribution in [0.25, 0.3) is 0 Å². The number of fused-ring (bicyclic) bond motifs is 1. The molecular formula is C7H6S2Sb+. The molecule has 0 fully saturated rings. The molecule has 2 rings (SSSR count). The van der Waals surface area contributed by atoms with Gasteiger partial charge in [0, 0.05) is 0 Å². The molecule has 0 amide bonds. The molecule has 0 N–H and O–H groups in total. The zero-order chi connectivity index (χ0) is 6.97. The minimum absolute atomic E-state index is 0.0202. The second-order valence-electron chi connectivity index (χ2n) is 2.21. The molecule has 0 radical (unpaired) electrons. The zero-order valence-corrected chi connectivity index (χ0v) is 9.68. The monoisotopic (exact) mass is 275 g/mol. The maximum atomic E-state index is 2.30. The van der Waals surface area contributed by atoms with E-state index in [9.17, 15) is 0 Å². The van der Waals surface area contributed by atoms with Crippen molar-refractivity contribution in [1.29, 1.82) is 0 Å². The molecule has 1 aromatic carbocycles. The molecule has 1 aliphatic heterocycles. The van der Waals surface area contributed by atoms with Crippen molar-refractivity contribution in [3.05, 3.63) is 23.8 Å². The fourth-order valence-electron chi connectivity index (χ4n) is 0.861. The Morgan fingerprint density at radius 1 is 1.50 bits per heavy atom. The standard InChI is InChI=1S/C7H8S2.Sb/c1-5-2-3-6(8)7(9)4-5;/h2-4,8-9H,1H3;/q;+3/p-2. The van der Waals surface area contributed by atoms with Crippen molar-refractivity contribution in [3.63, 3.8) is 0 Å². The molecular weight excluding hydrogens is 270 g/mol. The van der Waals surface area contributed by atoms with Gasteiger partial charge in [0.2, 0.25) is 0 Å². The number of hydrogen-bond donors (Lipinski definition) is 0. The molecule has 0 aliphatic carbocycles. The first kappa shape index (κ1) is 7.27. The predicted octanol–water partition coefficient (Wildman–Crippen LogP) is 2.08. The Morgan fingerprint density at radius 2 is 2.40 bits per heavy atom. The summed E-state index contributed by atoms with van der Waals surface area (Å²) in [5.41, 5.74) is 1.39. The summed E-state index contributed by atoms with van der Waals surface area (Å²) in [6.07, 6.45) is 0. The Kier molecular flexibility index (Phi) is 2.12. The predicted molar refractivity (Wildman–Crippen MR) is 48.4 cm³/mol. The summed E-state index contributed by atoms with van der Waals surface area (Å²) in [6.45, 7) is 2.16. The van der Waals surface area contributed by atoms with E-state index in [1.807, 2.05) is 0 Å². The van der Waals surface area contributed by atoms with Gasteiger partial charge in [0.1, 0.15) is 0 Å². The van der Waals surface area contributed by atoms with Gasteiger partial charge in [-0.15, -0.1) is 0 Å². The van der Waals surface area contributed by atoms with E-state index >= 15 is 0 Å². The van der Waals surface area contributed by atoms with Crippen molar-refractivity contribution in [3.8, 4) is 0 Å². The molecule has 0 unspecified atom stereocenters. The van der Waals surface area contributed by atoms with E-state index in [-0.39, 0.29) is 18.2 Å². The second-order valence-corrected chi connectivity index (χ2v) is 11.0. The van der Waals surface area contributed by atoms with E-state index in [2.05, 4.69) is 42.3 Å². The van der Waals surface area contributed by atoms with Crippen molar-refractivity contribution in [2.45, 2.75) is 16.7 Å². The van der Waals surface area contributed by atoms with Crippen LogP contribution in [0.15, 0.2) is 28.0 Å².